The van der Waals surface area contributed by atoms with E-state index in [0.29, 0.717) is 23.5 Å². The first kappa shape index (κ1) is 9.75. The first-order valence-electron chi connectivity index (χ1n) is 5.40. The minimum atomic E-state index is -0.212. The zero-order valence-electron chi connectivity index (χ0n) is 9.50. The van der Waals surface area contributed by atoms with Crippen LogP contribution in [0.15, 0.2) is 12.3 Å². The van der Waals surface area contributed by atoms with Crippen molar-refractivity contribution in [3.63, 3.8) is 0 Å². The molecule has 78 valence electrons. The number of carbonyl (C=O) groups excluding carboxylic acids is 1. The minimum absolute atomic E-state index is 0.212. The van der Waals surface area contributed by atoms with E-state index in [4.69, 9.17) is 0 Å². The molecule has 1 saturated carbocycles. The van der Waals surface area contributed by atoms with Gasteiger partial charge in [0.1, 0.15) is 5.54 Å². The summed E-state index contributed by atoms with van der Waals surface area (Å²) in [5.74, 6) is 1.74. The fourth-order valence-electron chi connectivity index (χ4n) is 3.48. The molecule has 0 aromatic carbocycles. The lowest BCUT2D eigenvalue weighted by Crippen LogP contribution is -2.64. The average molecular weight is 193 g/mol. The van der Waals surface area contributed by atoms with Gasteiger partial charge in [-0.1, -0.05) is 27.4 Å². The van der Waals surface area contributed by atoms with Crippen LogP contribution in [-0.2, 0) is 4.79 Å². The van der Waals surface area contributed by atoms with Crippen LogP contribution >= 0.6 is 0 Å². The summed E-state index contributed by atoms with van der Waals surface area (Å²) in [6.45, 7) is 10.6. The van der Waals surface area contributed by atoms with Crippen molar-refractivity contribution < 1.29 is 4.79 Å². The number of nitrogens with zero attached hydrogens (tertiary/aromatic N) is 1. The van der Waals surface area contributed by atoms with Crippen LogP contribution in [0, 0.1) is 17.8 Å². The Bertz CT molecular complexity index is 309. The van der Waals surface area contributed by atoms with Crippen molar-refractivity contribution in [2.75, 3.05) is 7.05 Å². The molecule has 1 saturated heterocycles. The van der Waals surface area contributed by atoms with Gasteiger partial charge in [0.05, 0.1) is 0 Å². The molecule has 1 aliphatic heterocycles. The molecule has 0 aromatic rings. The van der Waals surface area contributed by atoms with E-state index in [1.165, 1.54) is 0 Å². The van der Waals surface area contributed by atoms with Crippen molar-refractivity contribution in [2.24, 2.45) is 17.8 Å². The molecule has 2 nitrogen and oxygen atoms in total. The Balaban J connectivity index is 2.45. The summed E-state index contributed by atoms with van der Waals surface area (Å²) >= 11 is 0. The molecule has 1 unspecified atom stereocenters. The van der Waals surface area contributed by atoms with Gasteiger partial charge in [-0.05, 0) is 11.8 Å². The SMILES string of the molecule is C=C1[C@H](C)[C@H](C)[C@]2(C(=O)CC2C)N1C. The number of carbonyl (C=O) groups is 1. The lowest BCUT2D eigenvalue weighted by molar-refractivity contribution is -0.148. The highest BCUT2D eigenvalue weighted by atomic mass is 16.1. The fourth-order valence-corrected chi connectivity index (χ4v) is 3.48. The molecule has 0 amide bonds. The molecule has 4 atom stereocenters. The number of allylic oxidation sites excluding steroid dienone is 1. The number of likely N-dealkylation sites (tertiary alicyclic amines) is 1. The number of likely N-dealkylation sites (N-methyl/N-ethyl adjacent to an activating group) is 1. The molecule has 1 aliphatic carbocycles. The smallest absolute Gasteiger partial charge is 0.159 e. The topological polar surface area (TPSA) is 20.3 Å². The van der Waals surface area contributed by atoms with E-state index in [1.807, 2.05) is 7.05 Å². The normalized spacial score (nSPS) is 47.4. The highest BCUT2D eigenvalue weighted by molar-refractivity contribution is 5.96. The minimum Gasteiger partial charge on any atom is -0.365 e. The van der Waals surface area contributed by atoms with Gasteiger partial charge in [0, 0.05) is 25.1 Å². The number of ketones is 1. The van der Waals surface area contributed by atoms with Gasteiger partial charge in [-0.15, -0.1) is 0 Å². The quantitative estimate of drug-likeness (QED) is 0.587. The third-order valence-electron chi connectivity index (χ3n) is 4.65. The summed E-state index contributed by atoms with van der Waals surface area (Å²) in [5, 5.41) is 0. The van der Waals surface area contributed by atoms with E-state index in [1.54, 1.807) is 0 Å². The van der Waals surface area contributed by atoms with Gasteiger partial charge in [-0.2, -0.15) is 0 Å². The van der Waals surface area contributed by atoms with Gasteiger partial charge >= 0.3 is 0 Å². The Kier molecular flexibility index (Phi) is 1.82. The van der Waals surface area contributed by atoms with Gasteiger partial charge in [0.25, 0.3) is 0 Å². The molecule has 1 heterocycles. The van der Waals surface area contributed by atoms with Crippen molar-refractivity contribution >= 4 is 5.78 Å². The van der Waals surface area contributed by atoms with E-state index in [0.717, 1.165) is 12.1 Å². The lowest BCUT2D eigenvalue weighted by Gasteiger charge is -2.51. The van der Waals surface area contributed by atoms with Crippen molar-refractivity contribution in [1.29, 1.82) is 0 Å². The predicted octanol–water partition coefficient (Wildman–Crippen LogP) is 2.07. The molecule has 0 radical (unpaired) electrons. The fraction of sp³-hybridized carbons (Fsp3) is 0.750. The zero-order valence-corrected chi connectivity index (χ0v) is 9.50. The average Bonchev–Trinajstić information content (AvgIpc) is 2.31. The van der Waals surface area contributed by atoms with Gasteiger partial charge in [-0.3, -0.25) is 4.79 Å². The molecule has 2 rings (SSSR count). The summed E-state index contributed by atoms with van der Waals surface area (Å²) in [4.78, 5) is 14.0. The predicted molar refractivity (Wildman–Crippen MR) is 56.8 cm³/mol. The Labute approximate surface area is 86.0 Å². The molecule has 0 bridgehead atoms. The van der Waals surface area contributed by atoms with E-state index >= 15 is 0 Å². The lowest BCUT2D eigenvalue weighted by atomic mass is 9.59. The van der Waals surface area contributed by atoms with E-state index in [2.05, 4.69) is 32.3 Å². The van der Waals surface area contributed by atoms with Crippen LogP contribution in [0.4, 0.5) is 0 Å². The van der Waals surface area contributed by atoms with Crippen LogP contribution in [0.2, 0.25) is 0 Å². The Hall–Kier alpha value is -0.790. The van der Waals surface area contributed by atoms with Crippen LogP contribution in [0.25, 0.3) is 0 Å². The molecule has 0 N–H and O–H groups in total. The number of rotatable bonds is 0. The highest BCUT2D eigenvalue weighted by Gasteiger charge is 2.63. The third kappa shape index (κ3) is 0.760. The molecular weight excluding hydrogens is 174 g/mol. The first-order valence-corrected chi connectivity index (χ1v) is 5.40. The van der Waals surface area contributed by atoms with Crippen molar-refractivity contribution in [2.45, 2.75) is 32.7 Å². The van der Waals surface area contributed by atoms with Crippen LogP contribution in [-0.4, -0.2) is 23.3 Å². The van der Waals surface area contributed by atoms with Crippen LogP contribution < -0.4 is 0 Å². The summed E-state index contributed by atoms with van der Waals surface area (Å²) in [6.07, 6.45) is 0.745. The molecule has 2 fully saturated rings. The van der Waals surface area contributed by atoms with Crippen LogP contribution in [0.3, 0.4) is 0 Å². The zero-order chi connectivity index (χ0) is 10.7. The summed E-state index contributed by atoms with van der Waals surface area (Å²) in [5.41, 5.74) is 0.911. The monoisotopic (exact) mass is 193 g/mol. The van der Waals surface area contributed by atoms with Crippen LogP contribution in [0.5, 0.6) is 0 Å². The number of Topliss-reactive ketones (excluding diaryl/α,β-unsaturated/α-hetero) is 1. The second-order valence-electron chi connectivity index (χ2n) is 4.98. The summed E-state index contributed by atoms with van der Waals surface area (Å²) < 4.78 is 0. The van der Waals surface area contributed by atoms with Crippen molar-refractivity contribution in [3.05, 3.63) is 12.3 Å². The highest BCUT2D eigenvalue weighted by Crippen LogP contribution is 2.54. The van der Waals surface area contributed by atoms with E-state index in [9.17, 15) is 4.79 Å². The van der Waals surface area contributed by atoms with E-state index < -0.39 is 0 Å². The first-order chi connectivity index (χ1) is 6.44. The van der Waals surface area contributed by atoms with Gasteiger partial charge in [0.15, 0.2) is 5.78 Å². The van der Waals surface area contributed by atoms with Gasteiger partial charge < -0.3 is 4.90 Å². The Morgan fingerprint density at radius 2 is 2.00 bits per heavy atom. The molecule has 14 heavy (non-hydrogen) atoms. The largest absolute Gasteiger partial charge is 0.365 e. The molecule has 2 aliphatic rings. The molecule has 0 aromatic heterocycles. The molecule has 2 heteroatoms. The van der Waals surface area contributed by atoms with Crippen molar-refractivity contribution in [1.82, 2.24) is 4.90 Å². The van der Waals surface area contributed by atoms with Crippen molar-refractivity contribution in [3.8, 4) is 0 Å². The standard InChI is InChI=1S/C12H19NO/c1-7-6-11(14)12(7)9(3)8(2)10(4)13(12)5/h7-9H,4,6H2,1-3,5H3/t7?,8-,9+,12-/m1/s1. The maximum atomic E-state index is 11.9. The Morgan fingerprint density at radius 1 is 1.43 bits per heavy atom. The van der Waals surface area contributed by atoms with Crippen LogP contribution in [0.1, 0.15) is 27.2 Å². The Morgan fingerprint density at radius 3 is 2.21 bits per heavy atom. The summed E-state index contributed by atoms with van der Waals surface area (Å²) in [6, 6.07) is 0. The molecular formula is C12H19NO. The molecule has 1 spiro atoms. The summed E-state index contributed by atoms with van der Waals surface area (Å²) in [7, 11) is 2.02. The maximum absolute atomic E-state index is 11.9. The number of hydrogen-bond donors (Lipinski definition) is 0. The van der Waals surface area contributed by atoms with Gasteiger partial charge in [-0.25, -0.2) is 0 Å². The van der Waals surface area contributed by atoms with Gasteiger partial charge in [0.2, 0.25) is 0 Å². The second kappa shape index (κ2) is 2.62. The third-order valence-corrected chi connectivity index (χ3v) is 4.65. The number of hydrogen-bond acceptors (Lipinski definition) is 2. The second-order valence-corrected chi connectivity index (χ2v) is 4.98. The van der Waals surface area contributed by atoms with E-state index in [-0.39, 0.29) is 5.54 Å². The maximum Gasteiger partial charge on any atom is 0.159 e.